The maximum atomic E-state index is 9.45. The van der Waals surface area contributed by atoms with Crippen molar-refractivity contribution in [1.29, 1.82) is 5.26 Å². The van der Waals surface area contributed by atoms with Gasteiger partial charge in [-0.1, -0.05) is 12.8 Å². The number of hydrogen-bond acceptors (Lipinski definition) is 5. The molecule has 0 unspecified atom stereocenters. The molecule has 6 nitrogen and oxygen atoms in total. The van der Waals surface area contributed by atoms with Crippen LogP contribution in [0.25, 0.3) is 0 Å². The van der Waals surface area contributed by atoms with E-state index in [0.29, 0.717) is 30.0 Å². The molecule has 4 rings (SSSR count). The normalized spacial score (nSPS) is 17.9. The number of anilines is 2. The standard InChI is InChI=1S/C23H31N5O/c1-23(2,3)28-22(13-20(27-28)17-7-4-5-8-17)26-21-12-16(14-24)11-18(25-21)15-29-19-9-6-10-19/h11-13,17,19H,4-10,15H2,1-3H3,(H,25,26). The summed E-state index contributed by atoms with van der Waals surface area (Å²) >= 11 is 0. The first-order valence-electron chi connectivity index (χ1n) is 10.8. The number of hydrogen-bond donors (Lipinski definition) is 1. The van der Waals surface area contributed by atoms with Gasteiger partial charge in [-0.25, -0.2) is 9.67 Å². The minimum atomic E-state index is -0.151. The highest BCUT2D eigenvalue weighted by molar-refractivity contribution is 5.56. The smallest absolute Gasteiger partial charge is 0.133 e. The third-order valence-corrected chi connectivity index (χ3v) is 5.92. The largest absolute Gasteiger partial charge is 0.372 e. The van der Waals surface area contributed by atoms with E-state index in [1.165, 1.54) is 32.1 Å². The Kier molecular flexibility index (Phi) is 5.60. The van der Waals surface area contributed by atoms with E-state index in [2.05, 4.69) is 38.2 Å². The Bertz CT molecular complexity index is 895. The second-order valence-corrected chi connectivity index (χ2v) is 9.35. The van der Waals surface area contributed by atoms with E-state index in [-0.39, 0.29) is 5.54 Å². The molecule has 0 spiro atoms. The topological polar surface area (TPSA) is 75.8 Å². The van der Waals surface area contributed by atoms with Gasteiger partial charge in [0, 0.05) is 12.0 Å². The van der Waals surface area contributed by atoms with Gasteiger partial charge in [-0.2, -0.15) is 10.4 Å². The molecule has 1 N–H and O–H groups in total. The Morgan fingerprint density at radius 2 is 1.90 bits per heavy atom. The van der Waals surface area contributed by atoms with E-state index in [1.54, 1.807) is 6.07 Å². The molecule has 2 aromatic rings. The van der Waals surface area contributed by atoms with E-state index in [0.717, 1.165) is 30.0 Å². The van der Waals surface area contributed by atoms with Crippen LogP contribution in [0.2, 0.25) is 0 Å². The van der Waals surface area contributed by atoms with E-state index in [4.69, 9.17) is 14.8 Å². The van der Waals surface area contributed by atoms with Crippen molar-refractivity contribution in [2.24, 2.45) is 0 Å². The number of aromatic nitrogens is 3. The number of ether oxygens (including phenoxy) is 1. The number of nitrogens with zero attached hydrogens (tertiary/aromatic N) is 4. The van der Waals surface area contributed by atoms with Gasteiger partial charge in [0.05, 0.1) is 41.3 Å². The van der Waals surface area contributed by atoms with Crippen LogP contribution in [0, 0.1) is 11.3 Å². The fourth-order valence-electron chi connectivity index (χ4n) is 4.08. The monoisotopic (exact) mass is 393 g/mol. The third-order valence-electron chi connectivity index (χ3n) is 5.92. The summed E-state index contributed by atoms with van der Waals surface area (Å²) in [7, 11) is 0. The van der Waals surface area contributed by atoms with E-state index in [1.807, 2.05) is 10.7 Å². The summed E-state index contributed by atoms with van der Waals surface area (Å²) in [5.74, 6) is 2.14. The molecule has 29 heavy (non-hydrogen) atoms. The van der Waals surface area contributed by atoms with E-state index < -0.39 is 0 Å². The minimum absolute atomic E-state index is 0.151. The van der Waals surface area contributed by atoms with Crippen molar-refractivity contribution in [1.82, 2.24) is 14.8 Å². The minimum Gasteiger partial charge on any atom is -0.372 e. The van der Waals surface area contributed by atoms with Crippen LogP contribution in [0.5, 0.6) is 0 Å². The summed E-state index contributed by atoms with van der Waals surface area (Å²) in [6, 6.07) is 8.01. The zero-order chi connectivity index (χ0) is 20.4. The third kappa shape index (κ3) is 4.62. The Morgan fingerprint density at radius 3 is 2.52 bits per heavy atom. The number of nitrogens with one attached hydrogen (secondary N) is 1. The van der Waals surface area contributed by atoms with Gasteiger partial charge in [0.15, 0.2) is 0 Å². The molecule has 0 bridgehead atoms. The van der Waals surface area contributed by atoms with Crippen molar-refractivity contribution in [3.8, 4) is 6.07 Å². The average molecular weight is 394 g/mol. The highest BCUT2D eigenvalue weighted by Gasteiger charge is 2.25. The predicted molar refractivity (Wildman–Crippen MR) is 113 cm³/mol. The van der Waals surface area contributed by atoms with Gasteiger partial charge in [-0.15, -0.1) is 0 Å². The molecule has 154 valence electrons. The first-order valence-corrected chi connectivity index (χ1v) is 10.8. The first kappa shape index (κ1) is 19.9. The highest BCUT2D eigenvalue weighted by Crippen LogP contribution is 2.36. The molecule has 2 aliphatic rings. The summed E-state index contributed by atoms with van der Waals surface area (Å²) in [5.41, 5.74) is 2.39. The molecule has 2 heterocycles. The van der Waals surface area contributed by atoms with Crippen molar-refractivity contribution in [2.45, 2.75) is 89.9 Å². The Hall–Kier alpha value is -2.39. The van der Waals surface area contributed by atoms with Crippen molar-refractivity contribution < 1.29 is 4.74 Å². The van der Waals surface area contributed by atoms with Gasteiger partial charge < -0.3 is 10.1 Å². The maximum Gasteiger partial charge on any atom is 0.133 e. The Balaban J connectivity index is 1.59. The molecule has 2 aliphatic carbocycles. The second-order valence-electron chi connectivity index (χ2n) is 9.35. The van der Waals surface area contributed by atoms with Gasteiger partial charge in [-0.3, -0.25) is 0 Å². The molecule has 0 saturated heterocycles. The molecule has 6 heteroatoms. The van der Waals surface area contributed by atoms with Crippen molar-refractivity contribution in [3.63, 3.8) is 0 Å². The molecule has 0 aliphatic heterocycles. The molecular formula is C23H31N5O. The molecular weight excluding hydrogens is 362 g/mol. The van der Waals surface area contributed by atoms with Crippen LogP contribution in [-0.4, -0.2) is 20.9 Å². The van der Waals surface area contributed by atoms with Crippen molar-refractivity contribution >= 4 is 11.6 Å². The van der Waals surface area contributed by atoms with Gasteiger partial charge >= 0.3 is 0 Å². The zero-order valence-corrected chi connectivity index (χ0v) is 17.7. The molecule has 2 aromatic heterocycles. The Labute approximate surface area is 173 Å². The molecule has 2 saturated carbocycles. The quantitative estimate of drug-likeness (QED) is 0.713. The lowest BCUT2D eigenvalue weighted by Crippen LogP contribution is -2.25. The van der Waals surface area contributed by atoms with Gasteiger partial charge in [-0.05, 0) is 65.0 Å². The van der Waals surface area contributed by atoms with Crippen molar-refractivity contribution in [3.05, 3.63) is 35.2 Å². The SMILES string of the molecule is CC(C)(C)n1nc(C2CCCC2)cc1Nc1cc(C#N)cc(COC2CCC2)n1. The molecule has 0 amide bonds. The van der Waals surface area contributed by atoms with Gasteiger partial charge in [0.25, 0.3) is 0 Å². The van der Waals surface area contributed by atoms with Gasteiger partial charge in [0.2, 0.25) is 0 Å². The number of pyridine rings is 1. The number of nitriles is 1. The van der Waals surface area contributed by atoms with Crippen LogP contribution in [0.1, 0.15) is 88.6 Å². The predicted octanol–water partition coefficient (Wildman–Crippen LogP) is 5.38. The molecule has 0 aromatic carbocycles. The molecule has 0 radical (unpaired) electrons. The van der Waals surface area contributed by atoms with Gasteiger partial charge in [0.1, 0.15) is 11.6 Å². The zero-order valence-electron chi connectivity index (χ0n) is 17.7. The first-order chi connectivity index (χ1) is 13.9. The lowest BCUT2D eigenvalue weighted by atomic mass is 9.96. The fourth-order valence-corrected chi connectivity index (χ4v) is 4.08. The summed E-state index contributed by atoms with van der Waals surface area (Å²) in [6.07, 6.45) is 8.82. The molecule has 2 fully saturated rings. The summed E-state index contributed by atoms with van der Waals surface area (Å²) in [6.45, 7) is 6.91. The molecule has 0 atom stereocenters. The summed E-state index contributed by atoms with van der Waals surface area (Å²) < 4.78 is 7.95. The summed E-state index contributed by atoms with van der Waals surface area (Å²) in [5, 5.41) is 17.8. The Morgan fingerprint density at radius 1 is 1.14 bits per heavy atom. The maximum absolute atomic E-state index is 9.45. The van der Waals surface area contributed by atoms with Crippen LogP contribution < -0.4 is 5.32 Å². The average Bonchev–Trinajstić information content (AvgIpc) is 3.29. The lowest BCUT2D eigenvalue weighted by Gasteiger charge is -2.25. The highest BCUT2D eigenvalue weighted by atomic mass is 16.5. The van der Waals surface area contributed by atoms with Crippen LogP contribution in [0.15, 0.2) is 18.2 Å². The number of rotatable bonds is 6. The summed E-state index contributed by atoms with van der Waals surface area (Å²) in [4.78, 5) is 4.71. The van der Waals surface area contributed by atoms with Crippen LogP contribution in [0.3, 0.4) is 0 Å². The fraction of sp³-hybridized carbons (Fsp3) is 0.609. The van der Waals surface area contributed by atoms with Crippen LogP contribution in [-0.2, 0) is 16.9 Å². The lowest BCUT2D eigenvalue weighted by molar-refractivity contribution is -0.0100. The van der Waals surface area contributed by atoms with E-state index in [9.17, 15) is 5.26 Å². The van der Waals surface area contributed by atoms with Crippen LogP contribution >= 0.6 is 0 Å². The van der Waals surface area contributed by atoms with Crippen LogP contribution in [0.4, 0.5) is 11.6 Å². The van der Waals surface area contributed by atoms with E-state index >= 15 is 0 Å². The second kappa shape index (κ2) is 8.16. The van der Waals surface area contributed by atoms with Crippen molar-refractivity contribution in [2.75, 3.05) is 5.32 Å².